The molecule has 5 heteroatoms. The van der Waals surface area contributed by atoms with Gasteiger partial charge in [-0.3, -0.25) is 9.59 Å². The number of nitrogens with one attached hydrogen (secondary N) is 3. The van der Waals surface area contributed by atoms with E-state index < -0.39 is 0 Å². The minimum absolute atomic E-state index is 0.0120. The number of carbonyl (C=O) groups excluding carboxylic acids is 2. The molecular weight excluding hydrogens is 218 g/mol. The molecule has 0 bridgehead atoms. The zero-order valence-electron chi connectivity index (χ0n) is 10.7. The third-order valence-corrected chi connectivity index (χ3v) is 2.77. The molecule has 1 aliphatic rings. The first-order chi connectivity index (χ1) is 8.09. The Labute approximate surface area is 103 Å². The second-order valence-corrected chi connectivity index (χ2v) is 4.81. The van der Waals surface area contributed by atoms with Gasteiger partial charge in [0.2, 0.25) is 11.8 Å². The summed E-state index contributed by atoms with van der Waals surface area (Å²) in [4.78, 5) is 23.1. The summed E-state index contributed by atoms with van der Waals surface area (Å²) >= 11 is 0. The second-order valence-electron chi connectivity index (χ2n) is 4.81. The maximum absolute atomic E-state index is 11.7. The Kier molecular flexibility index (Phi) is 5.97. The zero-order valence-corrected chi connectivity index (χ0v) is 10.7. The first-order valence-corrected chi connectivity index (χ1v) is 6.37. The van der Waals surface area contributed by atoms with Crippen LogP contribution < -0.4 is 16.0 Å². The number of piperidine rings is 1. The number of carbonyl (C=O) groups is 2. The molecule has 0 saturated carbocycles. The van der Waals surface area contributed by atoms with Gasteiger partial charge in [-0.2, -0.15) is 0 Å². The van der Waals surface area contributed by atoms with Crippen LogP contribution >= 0.6 is 0 Å². The maximum atomic E-state index is 11.7. The van der Waals surface area contributed by atoms with Crippen LogP contribution in [0.1, 0.15) is 33.1 Å². The van der Waals surface area contributed by atoms with E-state index in [1.54, 1.807) is 0 Å². The van der Waals surface area contributed by atoms with Crippen LogP contribution in [0.4, 0.5) is 0 Å². The molecule has 3 N–H and O–H groups in total. The van der Waals surface area contributed by atoms with Crippen molar-refractivity contribution in [2.24, 2.45) is 5.92 Å². The minimum Gasteiger partial charge on any atom is -0.355 e. The van der Waals surface area contributed by atoms with Gasteiger partial charge >= 0.3 is 0 Å². The SMILES string of the molecule is CC(C)NC(=O)CCNC(=O)[C@H]1CCCNC1. The summed E-state index contributed by atoms with van der Waals surface area (Å²) < 4.78 is 0. The summed E-state index contributed by atoms with van der Waals surface area (Å²) in [6.07, 6.45) is 2.34. The van der Waals surface area contributed by atoms with Crippen molar-refractivity contribution in [3.63, 3.8) is 0 Å². The third-order valence-electron chi connectivity index (χ3n) is 2.77. The average Bonchev–Trinajstić information content (AvgIpc) is 2.29. The molecule has 0 aromatic rings. The predicted molar refractivity (Wildman–Crippen MR) is 66.5 cm³/mol. The fourth-order valence-electron chi connectivity index (χ4n) is 1.91. The fraction of sp³-hybridized carbons (Fsp3) is 0.833. The molecule has 1 rings (SSSR count). The Morgan fingerprint density at radius 1 is 1.41 bits per heavy atom. The molecule has 0 radical (unpaired) electrons. The molecule has 1 saturated heterocycles. The van der Waals surface area contributed by atoms with Gasteiger partial charge in [0.15, 0.2) is 0 Å². The highest BCUT2D eigenvalue weighted by Crippen LogP contribution is 2.09. The Bertz CT molecular complexity index is 260. The Hall–Kier alpha value is -1.10. The highest BCUT2D eigenvalue weighted by Gasteiger charge is 2.20. The Morgan fingerprint density at radius 2 is 2.18 bits per heavy atom. The number of amides is 2. The molecule has 98 valence electrons. The van der Waals surface area contributed by atoms with E-state index in [4.69, 9.17) is 0 Å². The van der Waals surface area contributed by atoms with Crippen molar-refractivity contribution >= 4 is 11.8 Å². The monoisotopic (exact) mass is 241 g/mol. The standard InChI is InChI=1S/C12H23N3O2/c1-9(2)15-11(16)5-7-14-12(17)10-4-3-6-13-8-10/h9-10,13H,3-8H2,1-2H3,(H,14,17)(H,15,16)/t10-/m0/s1. The van der Waals surface area contributed by atoms with E-state index in [9.17, 15) is 9.59 Å². The molecule has 0 spiro atoms. The van der Waals surface area contributed by atoms with Crippen LogP contribution in [0.15, 0.2) is 0 Å². The lowest BCUT2D eigenvalue weighted by atomic mass is 9.99. The number of rotatable bonds is 5. The lowest BCUT2D eigenvalue weighted by molar-refractivity contribution is -0.125. The van der Waals surface area contributed by atoms with E-state index in [0.717, 1.165) is 25.9 Å². The van der Waals surface area contributed by atoms with Gasteiger partial charge in [0.25, 0.3) is 0 Å². The van der Waals surface area contributed by atoms with Crippen LogP contribution in [-0.2, 0) is 9.59 Å². The molecule has 0 aromatic heterocycles. The van der Waals surface area contributed by atoms with E-state index in [-0.39, 0.29) is 23.8 Å². The summed E-state index contributed by atoms with van der Waals surface area (Å²) in [5.41, 5.74) is 0. The molecule has 5 nitrogen and oxygen atoms in total. The highest BCUT2D eigenvalue weighted by molar-refractivity contribution is 5.80. The van der Waals surface area contributed by atoms with E-state index in [1.165, 1.54) is 0 Å². The summed E-state index contributed by atoms with van der Waals surface area (Å²) in [6.45, 7) is 6.02. The molecule has 0 aromatic carbocycles. The number of hydrogen-bond donors (Lipinski definition) is 3. The van der Waals surface area contributed by atoms with Crippen molar-refractivity contribution in [3.05, 3.63) is 0 Å². The molecule has 0 aliphatic carbocycles. The van der Waals surface area contributed by atoms with E-state index in [2.05, 4.69) is 16.0 Å². The van der Waals surface area contributed by atoms with Crippen molar-refractivity contribution in [2.75, 3.05) is 19.6 Å². The lowest BCUT2D eigenvalue weighted by Crippen LogP contribution is -2.41. The fourth-order valence-corrected chi connectivity index (χ4v) is 1.91. The highest BCUT2D eigenvalue weighted by atomic mass is 16.2. The normalized spacial score (nSPS) is 20.1. The first kappa shape index (κ1) is 14.0. The van der Waals surface area contributed by atoms with E-state index in [1.807, 2.05) is 13.8 Å². The van der Waals surface area contributed by atoms with Crippen LogP contribution in [0, 0.1) is 5.92 Å². The second kappa shape index (κ2) is 7.27. The molecule has 1 heterocycles. The van der Waals surface area contributed by atoms with Crippen molar-refractivity contribution in [2.45, 2.75) is 39.2 Å². The average molecular weight is 241 g/mol. The van der Waals surface area contributed by atoms with E-state index in [0.29, 0.717) is 13.0 Å². The van der Waals surface area contributed by atoms with Gasteiger partial charge in [-0.1, -0.05) is 0 Å². The molecular formula is C12H23N3O2. The number of hydrogen-bond acceptors (Lipinski definition) is 3. The summed E-state index contributed by atoms with van der Waals surface area (Å²) in [5.74, 6) is 0.119. The lowest BCUT2D eigenvalue weighted by Gasteiger charge is -2.21. The van der Waals surface area contributed by atoms with Crippen molar-refractivity contribution in [1.82, 2.24) is 16.0 Å². The molecule has 2 amide bonds. The van der Waals surface area contributed by atoms with Gasteiger partial charge in [-0.25, -0.2) is 0 Å². The summed E-state index contributed by atoms with van der Waals surface area (Å²) in [5, 5.41) is 8.81. The molecule has 1 atom stereocenters. The van der Waals surface area contributed by atoms with Crippen LogP contribution in [0.3, 0.4) is 0 Å². The quantitative estimate of drug-likeness (QED) is 0.635. The van der Waals surface area contributed by atoms with Crippen LogP contribution in [0.25, 0.3) is 0 Å². The third kappa shape index (κ3) is 5.68. The van der Waals surface area contributed by atoms with Crippen LogP contribution in [0.5, 0.6) is 0 Å². The zero-order chi connectivity index (χ0) is 12.7. The smallest absolute Gasteiger partial charge is 0.224 e. The van der Waals surface area contributed by atoms with Crippen molar-refractivity contribution in [1.29, 1.82) is 0 Å². The van der Waals surface area contributed by atoms with Gasteiger partial charge in [-0.15, -0.1) is 0 Å². The van der Waals surface area contributed by atoms with Crippen molar-refractivity contribution < 1.29 is 9.59 Å². The maximum Gasteiger partial charge on any atom is 0.224 e. The van der Waals surface area contributed by atoms with Gasteiger partial charge < -0.3 is 16.0 Å². The van der Waals surface area contributed by atoms with Gasteiger partial charge in [0.1, 0.15) is 0 Å². The predicted octanol–water partition coefficient (Wildman–Crippen LogP) is 0.0169. The largest absolute Gasteiger partial charge is 0.355 e. The molecule has 17 heavy (non-hydrogen) atoms. The van der Waals surface area contributed by atoms with Gasteiger partial charge in [0.05, 0.1) is 5.92 Å². The van der Waals surface area contributed by atoms with Crippen LogP contribution in [0.2, 0.25) is 0 Å². The summed E-state index contributed by atoms with van der Waals surface area (Å²) in [6, 6.07) is 0.153. The van der Waals surface area contributed by atoms with E-state index >= 15 is 0 Å². The van der Waals surface area contributed by atoms with Gasteiger partial charge in [0, 0.05) is 25.6 Å². The molecule has 1 aliphatic heterocycles. The summed E-state index contributed by atoms with van der Waals surface area (Å²) in [7, 11) is 0. The van der Waals surface area contributed by atoms with Crippen LogP contribution in [-0.4, -0.2) is 37.5 Å². The topological polar surface area (TPSA) is 70.2 Å². The van der Waals surface area contributed by atoms with Gasteiger partial charge in [-0.05, 0) is 33.2 Å². The Balaban J connectivity index is 2.13. The minimum atomic E-state index is -0.0120. The first-order valence-electron chi connectivity index (χ1n) is 6.37. The molecule has 1 fully saturated rings. The van der Waals surface area contributed by atoms with Crippen molar-refractivity contribution in [3.8, 4) is 0 Å². The Morgan fingerprint density at radius 3 is 2.76 bits per heavy atom. The molecule has 0 unspecified atom stereocenters.